The van der Waals surface area contributed by atoms with E-state index in [2.05, 4.69) is 5.32 Å². The Hall–Kier alpha value is -3.65. The Morgan fingerprint density at radius 3 is 2.73 bits per heavy atom. The lowest BCUT2D eigenvalue weighted by Gasteiger charge is -2.35. The van der Waals surface area contributed by atoms with E-state index in [0.29, 0.717) is 30.5 Å². The maximum absolute atomic E-state index is 13.8. The Kier molecular flexibility index (Phi) is 6.42. The number of aromatic nitrogens is 2. The second kappa shape index (κ2) is 10.0. The van der Waals surface area contributed by atoms with Crippen molar-refractivity contribution in [2.24, 2.45) is 7.05 Å². The lowest BCUT2D eigenvalue weighted by molar-refractivity contribution is 0.0607. The largest absolute Gasteiger partial charge is 0.412 e. The van der Waals surface area contributed by atoms with E-state index < -0.39 is 6.09 Å². The first-order chi connectivity index (χ1) is 18.1. The van der Waals surface area contributed by atoms with Gasteiger partial charge < -0.3 is 19.5 Å². The van der Waals surface area contributed by atoms with Crippen LogP contribution in [0.1, 0.15) is 53.5 Å². The Bertz CT molecular complexity index is 1440. The molecule has 1 N–H and O–H groups in total. The van der Waals surface area contributed by atoms with E-state index in [1.54, 1.807) is 17.4 Å². The molecule has 1 saturated heterocycles. The fraction of sp³-hybridized carbons (Fsp3) is 0.345. The molecule has 37 heavy (non-hydrogen) atoms. The Balaban J connectivity index is 1.16. The third kappa shape index (κ3) is 4.98. The van der Waals surface area contributed by atoms with E-state index in [1.165, 1.54) is 0 Å². The standard InChI is InChI=1S/C29H30N4O3S/c1-32-16-14-21-17-23(12-13-24(21)32)36-29(35)30-18-22-9-5-6-15-33(22)28(34)25-26(19-7-3-2-4-8-19)37-27(31-25)20-10-11-20/h2-4,7-8,12-14,16-17,20,22H,5-6,9-11,15,18H2,1H3,(H,30,35)/t22-/m0/s1. The maximum atomic E-state index is 13.8. The number of ether oxygens (including phenoxy) is 1. The van der Waals surface area contributed by atoms with Gasteiger partial charge in [-0.15, -0.1) is 11.3 Å². The average molecular weight is 515 g/mol. The van der Waals surface area contributed by atoms with Gasteiger partial charge in [0.05, 0.1) is 9.88 Å². The van der Waals surface area contributed by atoms with Crippen LogP contribution < -0.4 is 10.1 Å². The van der Waals surface area contributed by atoms with Gasteiger partial charge in [-0.1, -0.05) is 30.3 Å². The normalized spacial score (nSPS) is 17.6. The van der Waals surface area contributed by atoms with Gasteiger partial charge in [0.15, 0.2) is 0 Å². The summed E-state index contributed by atoms with van der Waals surface area (Å²) in [4.78, 5) is 34.2. The van der Waals surface area contributed by atoms with E-state index in [4.69, 9.17) is 9.72 Å². The van der Waals surface area contributed by atoms with Crippen molar-refractivity contribution in [3.8, 4) is 16.2 Å². The highest BCUT2D eigenvalue weighted by atomic mass is 32.1. The number of carbonyl (C=O) groups is 2. The van der Waals surface area contributed by atoms with Crippen LogP contribution in [0.15, 0.2) is 60.8 Å². The molecule has 0 bridgehead atoms. The monoisotopic (exact) mass is 514 g/mol. The van der Waals surface area contributed by atoms with Crippen molar-refractivity contribution in [1.29, 1.82) is 0 Å². The molecule has 8 heteroatoms. The Morgan fingerprint density at radius 2 is 1.92 bits per heavy atom. The van der Waals surface area contributed by atoms with E-state index in [1.807, 2.05) is 71.2 Å². The first-order valence-electron chi connectivity index (χ1n) is 12.9. The molecule has 2 fully saturated rings. The molecule has 3 heterocycles. The van der Waals surface area contributed by atoms with Crippen LogP contribution in [0.4, 0.5) is 4.79 Å². The van der Waals surface area contributed by atoms with Gasteiger partial charge in [0.25, 0.3) is 5.91 Å². The summed E-state index contributed by atoms with van der Waals surface area (Å²) in [6, 6.07) is 17.5. The smallest absolute Gasteiger partial charge is 0.410 e. The van der Waals surface area contributed by atoms with Crippen molar-refractivity contribution < 1.29 is 14.3 Å². The molecule has 6 rings (SSSR count). The number of carbonyl (C=O) groups excluding carboxylic acids is 2. The van der Waals surface area contributed by atoms with Crippen molar-refractivity contribution >= 4 is 34.2 Å². The van der Waals surface area contributed by atoms with Crippen molar-refractivity contribution in [3.63, 3.8) is 0 Å². The molecular weight excluding hydrogens is 484 g/mol. The van der Waals surface area contributed by atoms with Crippen LogP contribution >= 0.6 is 11.3 Å². The summed E-state index contributed by atoms with van der Waals surface area (Å²) < 4.78 is 7.56. The van der Waals surface area contributed by atoms with Gasteiger partial charge in [-0.25, -0.2) is 9.78 Å². The summed E-state index contributed by atoms with van der Waals surface area (Å²) in [5, 5.41) is 4.97. The molecule has 7 nitrogen and oxygen atoms in total. The number of aryl methyl sites for hydroxylation is 1. The SMILES string of the molecule is Cn1ccc2cc(OC(=O)NC[C@@H]3CCCCN3C(=O)c3nc(C4CC4)sc3-c3ccccc3)ccc21. The Labute approximate surface area is 220 Å². The number of nitrogens with zero attached hydrogens (tertiary/aromatic N) is 3. The van der Waals surface area contributed by atoms with Gasteiger partial charge in [0.1, 0.15) is 11.4 Å². The molecule has 2 aromatic carbocycles. The minimum absolute atomic E-state index is 0.0450. The minimum atomic E-state index is -0.511. The van der Waals surface area contributed by atoms with Crippen LogP contribution in [0, 0.1) is 0 Å². The topological polar surface area (TPSA) is 76.5 Å². The van der Waals surface area contributed by atoms with Crippen molar-refractivity contribution in [3.05, 3.63) is 71.5 Å². The third-order valence-electron chi connectivity index (χ3n) is 7.25. The zero-order chi connectivity index (χ0) is 25.4. The summed E-state index contributed by atoms with van der Waals surface area (Å²) in [5.41, 5.74) is 2.65. The number of fused-ring (bicyclic) bond motifs is 1. The third-order valence-corrected chi connectivity index (χ3v) is 8.51. The maximum Gasteiger partial charge on any atom is 0.412 e. The summed E-state index contributed by atoms with van der Waals surface area (Å²) in [6.45, 7) is 1.01. The van der Waals surface area contributed by atoms with E-state index in [0.717, 1.165) is 58.5 Å². The highest BCUT2D eigenvalue weighted by Gasteiger charge is 2.34. The first kappa shape index (κ1) is 23.7. The van der Waals surface area contributed by atoms with E-state index in [9.17, 15) is 9.59 Å². The molecule has 1 aliphatic heterocycles. The van der Waals surface area contributed by atoms with Crippen LogP contribution in [-0.2, 0) is 7.05 Å². The number of hydrogen-bond donors (Lipinski definition) is 1. The fourth-order valence-electron chi connectivity index (χ4n) is 5.06. The van der Waals surface area contributed by atoms with Gasteiger partial charge in [0, 0.05) is 49.2 Å². The molecular formula is C29H30N4O3S. The zero-order valence-electron chi connectivity index (χ0n) is 20.9. The van der Waals surface area contributed by atoms with Gasteiger partial charge in [-0.05, 0) is 61.9 Å². The second-order valence-corrected chi connectivity index (χ2v) is 11.0. The molecule has 0 unspecified atom stereocenters. The lowest BCUT2D eigenvalue weighted by atomic mass is 10.0. The summed E-state index contributed by atoms with van der Waals surface area (Å²) >= 11 is 1.65. The van der Waals surface area contributed by atoms with Crippen molar-refractivity contribution in [2.75, 3.05) is 13.1 Å². The lowest BCUT2D eigenvalue weighted by Crippen LogP contribution is -2.50. The number of benzene rings is 2. The van der Waals surface area contributed by atoms with Crippen molar-refractivity contribution in [2.45, 2.75) is 44.1 Å². The van der Waals surface area contributed by atoms with Crippen LogP contribution in [0.2, 0.25) is 0 Å². The number of amides is 2. The van der Waals surface area contributed by atoms with Crippen LogP contribution in [0.25, 0.3) is 21.3 Å². The molecule has 0 spiro atoms. The highest BCUT2D eigenvalue weighted by Crippen LogP contribution is 2.45. The molecule has 1 atom stereocenters. The molecule has 4 aromatic rings. The van der Waals surface area contributed by atoms with Crippen molar-refractivity contribution in [1.82, 2.24) is 19.8 Å². The molecule has 2 aromatic heterocycles. The fourth-order valence-corrected chi connectivity index (χ4v) is 6.29. The summed E-state index contributed by atoms with van der Waals surface area (Å²) in [7, 11) is 1.98. The number of rotatable bonds is 6. The quantitative estimate of drug-likeness (QED) is 0.344. The van der Waals surface area contributed by atoms with Gasteiger partial charge in [-0.2, -0.15) is 0 Å². The van der Waals surface area contributed by atoms with Gasteiger partial charge >= 0.3 is 6.09 Å². The van der Waals surface area contributed by atoms with Crippen LogP contribution in [0.5, 0.6) is 5.75 Å². The second-order valence-electron chi connectivity index (χ2n) is 9.94. The van der Waals surface area contributed by atoms with E-state index in [-0.39, 0.29) is 11.9 Å². The molecule has 190 valence electrons. The Morgan fingerprint density at radius 1 is 1.08 bits per heavy atom. The number of likely N-dealkylation sites (tertiary alicyclic amines) is 1. The van der Waals surface area contributed by atoms with E-state index >= 15 is 0 Å². The molecule has 2 amide bonds. The van der Waals surface area contributed by atoms with Crippen LogP contribution in [-0.4, -0.2) is 45.6 Å². The molecule has 1 saturated carbocycles. The van der Waals surface area contributed by atoms with Crippen LogP contribution in [0.3, 0.4) is 0 Å². The number of thiazole rings is 1. The summed E-state index contributed by atoms with van der Waals surface area (Å²) in [6.07, 6.45) is 6.55. The molecule has 0 radical (unpaired) electrons. The number of hydrogen-bond acceptors (Lipinski definition) is 5. The van der Waals surface area contributed by atoms with Gasteiger partial charge in [-0.3, -0.25) is 4.79 Å². The number of piperidine rings is 1. The predicted molar refractivity (Wildman–Crippen MR) is 145 cm³/mol. The molecule has 1 aliphatic carbocycles. The highest BCUT2D eigenvalue weighted by molar-refractivity contribution is 7.15. The minimum Gasteiger partial charge on any atom is -0.410 e. The average Bonchev–Trinajstić information content (AvgIpc) is 3.58. The number of nitrogens with one attached hydrogen (secondary N) is 1. The predicted octanol–water partition coefficient (Wildman–Crippen LogP) is 5.96. The zero-order valence-corrected chi connectivity index (χ0v) is 21.7. The van der Waals surface area contributed by atoms with Gasteiger partial charge in [0.2, 0.25) is 0 Å². The molecule has 2 aliphatic rings. The summed E-state index contributed by atoms with van der Waals surface area (Å²) in [5.74, 6) is 0.935. The first-order valence-corrected chi connectivity index (χ1v) is 13.8.